The number of carbonyl (C=O) groups is 1. The topological polar surface area (TPSA) is 72.9 Å². The lowest BCUT2D eigenvalue weighted by Crippen LogP contribution is -2.34. The molecule has 1 aromatic heterocycles. The zero-order valence-electron chi connectivity index (χ0n) is 12.3. The summed E-state index contributed by atoms with van der Waals surface area (Å²) < 4.78 is 51.9. The second kappa shape index (κ2) is 5.90. The molecular formula is C14H14F4N4O. The second-order valence-electron chi connectivity index (χ2n) is 5.04. The molecule has 0 unspecified atom stereocenters. The maximum Gasteiger partial charge on any atom is 0.405 e. The number of anilines is 1. The number of amides is 1. The molecule has 0 bridgehead atoms. The van der Waals surface area contributed by atoms with Gasteiger partial charge in [-0.15, -0.1) is 0 Å². The van der Waals surface area contributed by atoms with Crippen LogP contribution in [0.15, 0.2) is 18.2 Å². The quantitative estimate of drug-likeness (QED) is 0.849. The molecule has 1 amide bonds. The van der Waals surface area contributed by atoms with Gasteiger partial charge in [0.2, 0.25) is 0 Å². The Labute approximate surface area is 129 Å². The first-order chi connectivity index (χ1) is 10.6. The van der Waals surface area contributed by atoms with Crippen molar-refractivity contribution < 1.29 is 22.4 Å². The first-order valence-electron chi connectivity index (χ1n) is 6.56. The van der Waals surface area contributed by atoms with Crippen molar-refractivity contribution in [3.05, 3.63) is 40.8 Å². The summed E-state index contributed by atoms with van der Waals surface area (Å²) in [4.78, 5) is 11.9. The molecule has 0 saturated heterocycles. The first-order valence-corrected chi connectivity index (χ1v) is 6.56. The predicted molar refractivity (Wildman–Crippen MR) is 75.8 cm³/mol. The number of alkyl halides is 3. The van der Waals surface area contributed by atoms with Crippen molar-refractivity contribution in [2.75, 3.05) is 12.3 Å². The van der Waals surface area contributed by atoms with Crippen molar-refractivity contribution in [1.82, 2.24) is 15.1 Å². The van der Waals surface area contributed by atoms with Gasteiger partial charge in [0.05, 0.1) is 0 Å². The number of nitrogens with one attached hydrogen (secondary N) is 1. The van der Waals surface area contributed by atoms with E-state index in [1.807, 2.05) is 0 Å². The van der Waals surface area contributed by atoms with E-state index >= 15 is 0 Å². The molecule has 2 aromatic rings. The number of aromatic nitrogens is 2. The summed E-state index contributed by atoms with van der Waals surface area (Å²) in [5.41, 5.74) is 6.13. The highest BCUT2D eigenvalue weighted by Crippen LogP contribution is 2.22. The number of hydrogen-bond donors (Lipinski definition) is 2. The van der Waals surface area contributed by atoms with Crippen LogP contribution in [0.25, 0.3) is 5.69 Å². The van der Waals surface area contributed by atoms with E-state index in [0.29, 0.717) is 5.69 Å². The number of rotatable bonds is 3. The Morgan fingerprint density at radius 1 is 1.30 bits per heavy atom. The smallest absolute Gasteiger partial charge is 0.382 e. The number of hydrogen-bond acceptors (Lipinski definition) is 3. The van der Waals surface area contributed by atoms with Crippen molar-refractivity contribution in [3.63, 3.8) is 0 Å². The molecule has 0 fully saturated rings. The number of halogens is 4. The van der Waals surface area contributed by atoms with Crippen LogP contribution in [-0.4, -0.2) is 28.4 Å². The number of carbonyl (C=O) groups excluding carboxylic acids is 1. The molecule has 1 heterocycles. The molecule has 9 heteroatoms. The fourth-order valence-electron chi connectivity index (χ4n) is 2.09. The molecule has 0 aliphatic carbocycles. The molecule has 1 aromatic carbocycles. The molecule has 3 N–H and O–H groups in total. The molecule has 0 spiro atoms. The van der Waals surface area contributed by atoms with Crippen LogP contribution >= 0.6 is 0 Å². The standard InChI is InChI=1S/C14H14F4N4O/c1-7-3-10(15)11(22-8(2)4-12(19)21-22)5-9(7)13(23)20-6-14(16,17)18/h3-5H,6H2,1-2H3,(H2,19,21)(H,20,23). The monoisotopic (exact) mass is 330 g/mol. The summed E-state index contributed by atoms with van der Waals surface area (Å²) >= 11 is 0. The maximum absolute atomic E-state index is 14.1. The van der Waals surface area contributed by atoms with Crippen LogP contribution in [0.3, 0.4) is 0 Å². The van der Waals surface area contributed by atoms with Gasteiger partial charge in [0.15, 0.2) is 0 Å². The minimum absolute atomic E-state index is 0.0676. The first kappa shape index (κ1) is 16.8. The molecule has 0 atom stereocenters. The highest BCUT2D eigenvalue weighted by atomic mass is 19.4. The number of nitrogens with two attached hydrogens (primary N) is 1. The van der Waals surface area contributed by atoms with Crippen molar-refractivity contribution in [2.24, 2.45) is 0 Å². The van der Waals surface area contributed by atoms with Crippen LogP contribution in [-0.2, 0) is 0 Å². The van der Waals surface area contributed by atoms with Crippen LogP contribution in [0, 0.1) is 19.7 Å². The van der Waals surface area contributed by atoms with Gasteiger partial charge in [0, 0.05) is 17.3 Å². The minimum atomic E-state index is -4.53. The van der Waals surface area contributed by atoms with Crippen molar-refractivity contribution >= 4 is 11.7 Å². The normalized spacial score (nSPS) is 11.6. The predicted octanol–water partition coefficient (Wildman–Crippen LogP) is 2.50. The summed E-state index contributed by atoms with van der Waals surface area (Å²) in [5, 5.41) is 5.66. The Kier molecular flexibility index (Phi) is 4.31. The van der Waals surface area contributed by atoms with Crippen LogP contribution in [0.2, 0.25) is 0 Å². The van der Waals surface area contributed by atoms with E-state index in [1.54, 1.807) is 12.2 Å². The largest absolute Gasteiger partial charge is 0.405 e. The zero-order chi connectivity index (χ0) is 17.4. The Morgan fingerprint density at radius 3 is 2.48 bits per heavy atom. The van der Waals surface area contributed by atoms with Crippen LogP contribution in [0.5, 0.6) is 0 Å². The van der Waals surface area contributed by atoms with Crippen LogP contribution < -0.4 is 11.1 Å². The van der Waals surface area contributed by atoms with E-state index in [-0.39, 0.29) is 22.6 Å². The third-order valence-corrected chi connectivity index (χ3v) is 3.12. The number of nitrogen functional groups attached to an aromatic ring is 1. The Bertz CT molecular complexity index is 752. The lowest BCUT2D eigenvalue weighted by Gasteiger charge is -2.13. The number of nitrogens with zero attached hydrogens (tertiary/aromatic N) is 2. The van der Waals surface area contributed by atoms with E-state index in [0.717, 1.165) is 12.1 Å². The number of benzene rings is 1. The van der Waals surface area contributed by atoms with Gasteiger partial charge >= 0.3 is 6.18 Å². The lowest BCUT2D eigenvalue weighted by atomic mass is 10.1. The molecule has 2 rings (SSSR count). The van der Waals surface area contributed by atoms with E-state index in [9.17, 15) is 22.4 Å². The summed E-state index contributed by atoms with van der Waals surface area (Å²) in [7, 11) is 0. The third kappa shape index (κ3) is 3.79. The van der Waals surface area contributed by atoms with Gasteiger partial charge in [0.25, 0.3) is 5.91 Å². The highest BCUT2D eigenvalue weighted by Gasteiger charge is 2.28. The average Bonchev–Trinajstić information content (AvgIpc) is 2.74. The molecule has 124 valence electrons. The average molecular weight is 330 g/mol. The Hall–Kier alpha value is -2.58. The van der Waals surface area contributed by atoms with Crippen molar-refractivity contribution in [2.45, 2.75) is 20.0 Å². The molecule has 0 aliphatic heterocycles. The maximum atomic E-state index is 14.1. The van der Waals surface area contributed by atoms with Crippen LogP contribution in [0.4, 0.5) is 23.4 Å². The molecule has 0 aliphatic rings. The van der Waals surface area contributed by atoms with Gasteiger partial charge in [-0.25, -0.2) is 9.07 Å². The van der Waals surface area contributed by atoms with Gasteiger partial charge in [-0.2, -0.15) is 18.3 Å². The summed E-state index contributed by atoms with van der Waals surface area (Å²) in [6.07, 6.45) is -4.53. The number of aryl methyl sites for hydroxylation is 2. The van der Waals surface area contributed by atoms with Crippen molar-refractivity contribution in [1.29, 1.82) is 0 Å². The SMILES string of the molecule is Cc1cc(F)c(-n2nc(N)cc2C)cc1C(=O)NCC(F)(F)F. The van der Waals surface area contributed by atoms with Crippen LogP contribution in [0.1, 0.15) is 21.6 Å². The van der Waals surface area contributed by atoms with Gasteiger partial charge in [0.1, 0.15) is 23.9 Å². The second-order valence-corrected chi connectivity index (χ2v) is 5.04. The fourth-order valence-corrected chi connectivity index (χ4v) is 2.09. The molecule has 0 radical (unpaired) electrons. The fraction of sp³-hybridized carbons (Fsp3) is 0.286. The van der Waals surface area contributed by atoms with E-state index in [4.69, 9.17) is 5.73 Å². The molecule has 0 saturated carbocycles. The summed E-state index contributed by atoms with van der Waals surface area (Å²) in [6, 6.07) is 3.72. The van der Waals surface area contributed by atoms with E-state index < -0.39 is 24.4 Å². The van der Waals surface area contributed by atoms with Gasteiger partial charge < -0.3 is 11.1 Å². The van der Waals surface area contributed by atoms with Gasteiger partial charge in [-0.3, -0.25) is 4.79 Å². The van der Waals surface area contributed by atoms with E-state index in [1.165, 1.54) is 17.7 Å². The third-order valence-electron chi connectivity index (χ3n) is 3.12. The Balaban J connectivity index is 2.40. The Morgan fingerprint density at radius 2 is 1.96 bits per heavy atom. The summed E-state index contributed by atoms with van der Waals surface area (Å²) in [6.45, 7) is 1.59. The lowest BCUT2D eigenvalue weighted by molar-refractivity contribution is -0.123. The molecule has 5 nitrogen and oxygen atoms in total. The van der Waals surface area contributed by atoms with Crippen molar-refractivity contribution in [3.8, 4) is 5.69 Å². The highest BCUT2D eigenvalue weighted by molar-refractivity contribution is 5.96. The van der Waals surface area contributed by atoms with Gasteiger partial charge in [-0.1, -0.05) is 0 Å². The minimum Gasteiger partial charge on any atom is -0.382 e. The summed E-state index contributed by atoms with van der Waals surface area (Å²) in [5.74, 6) is -1.45. The zero-order valence-corrected chi connectivity index (χ0v) is 12.3. The van der Waals surface area contributed by atoms with E-state index in [2.05, 4.69) is 5.10 Å². The molecule has 23 heavy (non-hydrogen) atoms. The molecular weight excluding hydrogens is 316 g/mol. The van der Waals surface area contributed by atoms with Gasteiger partial charge in [-0.05, 0) is 31.5 Å².